The fraction of sp³-hybridized carbons (Fsp3) is 0.200. The van der Waals surface area contributed by atoms with E-state index in [9.17, 15) is 9.18 Å². The van der Waals surface area contributed by atoms with Crippen LogP contribution in [0.4, 0.5) is 10.2 Å². The molecular formula is C15H14ClFN2O2. The third-order valence-electron chi connectivity index (χ3n) is 2.90. The standard InChI is InChI=1S/C15H14ClFN2O2/c1-9(8-10-2-4-11(17)5-3-10)18-13-7-6-12(16)14(19-13)15(20)21/h2-7,9H,8H2,1H3,(H,18,19)(H,20,21). The molecule has 0 aliphatic rings. The number of carbonyl (C=O) groups is 1. The molecule has 1 heterocycles. The van der Waals surface area contributed by atoms with Crippen LogP contribution in [0.1, 0.15) is 23.0 Å². The molecule has 4 nitrogen and oxygen atoms in total. The van der Waals surface area contributed by atoms with Gasteiger partial charge < -0.3 is 10.4 Å². The lowest BCUT2D eigenvalue weighted by atomic mass is 10.1. The van der Waals surface area contributed by atoms with Crippen molar-refractivity contribution in [2.75, 3.05) is 5.32 Å². The van der Waals surface area contributed by atoms with Gasteiger partial charge in [0.15, 0.2) is 5.69 Å². The van der Waals surface area contributed by atoms with E-state index in [0.29, 0.717) is 12.2 Å². The van der Waals surface area contributed by atoms with Crippen LogP contribution in [0.3, 0.4) is 0 Å². The van der Waals surface area contributed by atoms with Crippen molar-refractivity contribution >= 4 is 23.4 Å². The summed E-state index contributed by atoms with van der Waals surface area (Å²) in [5.74, 6) is -1.01. The molecular weight excluding hydrogens is 295 g/mol. The molecule has 6 heteroatoms. The van der Waals surface area contributed by atoms with E-state index in [2.05, 4.69) is 10.3 Å². The number of halogens is 2. The van der Waals surface area contributed by atoms with Crippen LogP contribution >= 0.6 is 11.6 Å². The highest BCUT2D eigenvalue weighted by molar-refractivity contribution is 6.33. The fourth-order valence-electron chi connectivity index (χ4n) is 1.95. The first kappa shape index (κ1) is 15.3. The summed E-state index contributed by atoms with van der Waals surface area (Å²) in [7, 11) is 0. The average molecular weight is 309 g/mol. The van der Waals surface area contributed by atoms with Crippen LogP contribution in [-0.4, -0.2) is 22.1 Å². The van der Waals surface area contributed by atoms with E-state index < -0.39 is 5.97 Å². The molecule has 1 unspecified atom stereocenters. The van der Waals surface area contributed by atoms with Crippen molar-refractivity contribution in [1.29, 1.82) is 0 Å². The number of nitrogens with zero attached hydrogens (tertiary/aromatic N) is 1. The SMILES string of the molecule is CC(Cc1ccc(F)cc1)Nc1ccc(Cl)c(C(=O)O)n1. The predicted octanol–water partition coefficient (Wildman–Crippen LogP) is 3.62. The Hall–Kier alpha value is -2.14. The highest BCUT2D eigenvalue weighted by Gasteiger charge is 2.12. The highest BCUT2D eigenvalue weighted by atomic mass is 35.5. The normalized spacial score (nSPS) is 12.0. The van der Waals surface area contributed by atoms with Crippen molar-refractivity contribution in [1.82, 2.24) is 4.98 Å². The largest absolute Gasteiger partial charge is 0.476 e. The van der Waals surface area contributed by atoms with Crippen LogP contribution in [0.25, 0.3) is 0 Å². The van der Waals surface area contributed by atoms with Gasteiger partial charge in [0.25, 0.3) is 0 Å². The van der Waals surface area contributed by atoms with Crippen LogP contribution in [-0.2, 0) is 6.42 Å². The summed E-state index contributed by atoms with van der Waals surface area (Å²) >= 11 is 5.77. The Morgan fingerprint density at radius 2 is 2.00 bits per heavy atom. The summed E-state index contributed by atoms with van der Waals surface area (Å²) in [6.07, 6.45) is 0.660. The van der Waals surface area contributed by atoms with E-state index in [1.54, 1.807) is 18.2 Å². The minimum Gasteiger partial charge on any atom is -0.476 e. The van der Waals surface area contributed by atoms with E-state index in [1.807, 2.05) is 6.92 Å². The van der Waals surface area contributed by atoms with Crippen molar-refractivity contribution < 1.29 is 14.3 Å². The zero-order valence-electron chi connectivity index (χ0n) is 11.3. The summed E-state index contributed by atoms with van der Waals surface area (Å²) in [5.41, 5.74) is 0.791. The summed E-state index contributed by atoms with van der Waals surface area (Å²) in [6.45, 7) is 1.93. The molecule has 2 N–H and O–H groups in total. The van der Waals surface area contributed by atoms with Gasteiger partial charge in [-0.1, -0.05) is 23.7 Å². The Morgan fingerprint density at radius 3 is 2.62 bits per heavy atom. The molecule has 2 rings (SSSR count). The molecule has 0 aliphatic carbocycles. The molecule has 21 heavy (non-hydrogen) atoms. The molecule has 1 aromatic carbocycles. The first-order chi connectivity index (χ1) is 9.95. The summed E-state index contributed by atoms with van der Waals surface area (Å²) < 4.78 is 12.8. The lowest BCUT2D eigenvalue weighted by molar-refractivity contribution is 0.0691. The topological polar surface area (TPSA) is 62.2 Å². The van der Waals surface area contributed by atoms with Crippen LogP contribution < -0.4 is 5.32 Å². The molecule has 2 aromatic rings. The number of pyridine rings is 1. The van der Waals surface area contributed by atoms with Crippen molar-refractivity contribution in [3.63, 3.8) is 0 Å². The van der Waals surface area contributed by atoms with E-state index in [4.69, 9.17) is 16.7 Å². The number of nitrogens with one attached hydrogen (secondary N) is 1. The Labute approximate surface area is 126 Å². The molecule has 0 saturated carbocycles. The number of rotatable bonds is 5. The second kappa shape index (κ2) is 6.54. The van der Waals surface area contributed by atoms with Crippen LogP contribution in [0.2, 0.25) is 5.02 Å². The van der Waals surface area contributed by atoms with E-state index >= 15 is 0 Å². The van der Waals surface area contributed by atoms with Gasteiger partial charge in [-0.25, -0.2) is 14.2 Å². The number of carboxylic acid groups (broad SMARTS) is 1. The van der Waals surface area contributed by atoms with E-state index in [0.717, 1.165) is 5.56 Å². The van der Waals surface area contributed by atoms with Crippen molar-refractivity contribution in [3.05, 3.63) is 58.5 Å². The molecule has 1 atom stereocenters. The third-order valence-corrected chi connectivity index (χ3v) is 3.20. The third kappa shape index (κ3) is 4.16. The molecule has 110 valence electrons. The smallest absolute Gasteiger partial charge is 0.356 e. The maximum atomic E-state index is 12.8. The second-order valence-corrected chi connectivity index (χ2v) is 5.12. The van der Waals surface area contributed by atoms with Gasteiger partial charge in [0.2, 0.25) is 0 Å². The summed E-state index contributed by atoms with van der Waals surface area (Å²) in [5, 5.41) is 12.2. The van der Waals surface area contributed by atoms with Crippen LogP contribution in [0.5, 0.6) is 0 Å². The molecule has 0 fully saturated rings. The maximum absolute atomic E-state index is 12.8. The number of benzene rings is 1. The lowest BCUT2D eigenvalue weighted by Crippen LogP contribution is -2.19. The van der Waals surface area contributed by atoms with Crippen molar-refractivity contribution in [3.8, 4) is 0 Å². The quantitative estimate of drug-likeness (QED) is 0.885. The second-order valence-electron chi connectivity index (χ2n) is 4.71. The van der Waals surface area contributed by atoms with Crippen LogP contribution in [0.15, 0.2) is 36.4 Å². The minimum atomic E-state index is -1.17. The van der Waals surface area contributed by atoms with Crippen LogP contribution in [0, 0.1) is 5.82 Å². The Bertz CT molecular complexity index is 647. The van der Waals surface area contributed by atoms with Crippen molar-refractivity contribution in [2.24, 2.45) is 0 Å². The number of aromatic carboxylic acids is 1. The average Bonchev–Trinajstić information content (AvgIpc) is 2.43. The first-order valence-electron chi connectivity index (χ1n) is 6.36. The minimum absolute atomic E-state index is 0.00535. The number of hydrogen-bond acceptors (Lipinski definition) is 3. The summed E-state index contributed by atoms with van der Waals surface area (Å²) in [6, 6.07) is 9.36. The van der Waals surface area contributed by atoms with Gasteiger partial charge in [-0.2, -0.15) is 0 Å². The Kier molecular flexibility index (Phi) is 4.75. The molecule has 0 bridgehead atoms. The van der Waals surface area contributed by atoms with Gasteiger partial charge >= 0.3 is 5.97 Å². The maximum Gasteiger partial charge on any atom is 0.356 e. The van der Waals surface area contributed by atoms with E-state index in [-0.39, 0.29) is 22.6 Å². The molecule has 0 radical (unpaired) electrons. The molecule has 0 spiro atoms. The molecule has 0 saturated heterocycles. The van der Waals surface area contributed by atoms with E-state index in [1.165, 1.54) is 18.2 Å². The lowest BCUT2D eigenvalue weighted by Gasteiger charge is -2.15. The van der Waals surface area contributed by atoms with Gasteiger partial charge in [0.1, 0.15) is 11.6 Å². The molecule has 1 aromatic heterocycles. The Morgan fingerprint density at radius 1 is 1.33 bits per heavy atom. The van der Waals surface area contributed by atoms with Gasteiger partial charge in [-0.3, -0.25) is 0 Å². The van der Waals surface area contributed by atoms with Gasteiger partial charge in [-0.05, 0) is 43.2 Å². The molecule has 0 aliphatic heterocycles. The zero-order valence-corrected chi connectivity index (χ0v) is 12.1. The van der Waals surface area contributed by atoms with Gasteiger partial charge in [-0.15, -0.1) is 0 Å². The van der Waals surface area contributed by atoms with Gasteiger partial charge in [0, 0.05) is 6.04 Å². The number of aromatic nitrogens is 1. The van der Waals surface area contributed by atoms with Gasteiger partial charge in [0.05, 0.1) is 5.02 Å². The number of anilines is 1. The molecule has 0 amide bonds. The Balaban J connectivity index is 2.05. The zero-order chi connectivity index (χ0) is 15.4. The monoisotopic (exact) mass is 308 g/mol. The predicted molar refractivity (Wildman–Crippen MR) is 79.4 cm³/mol. The fourth-order valence-corrected chi connectivity index (χ4v) is 2.14. The highest BCUT2D eigenvalue weighted by Crippen LogP contribution is 2.18. The number of hydrogen-bond donors (Lipinski definition) is 2. The first-order valence-corrected chi connectivity index (χ1v) is 6.74. The van der Waals surface area contributed by atoms with Crippen molar-refractivity contribution in [2.45, 2.75) is 19.4 Å². The summed E-state index contributed by atoms with van der Waals surface area (Å²) in [4.78, 5) is 14.9. The number of carboxylic acids is 1.